The Labute approximate surface area is 116 Å². The van der Waals surface area contributed by atoms with Gasteiger partial charge in [0.05, 0.1) is 6.04 Å². The van der Waals surface area contributed by atoms with Crippen LogP contribution in [0.15, 0.2) is 42.6 Å². The standard InChI is InChI=1S/C17H22N2/c1-13-8-7-10-15(17(2,3)4)16(13)19-11-6-5-9-14(19)12-18/h5-12,14,18H,1-4H3. The van der Waals surface area contributed by atoms with Gasteiger partial charge in [0.25, 0.3) is 0 Å². The molecular weight excluding hydrogens is 232 g/mol. The van der Waals surface area contributed by atoms with Gasteiger partial charge in [0.15, 0.2) is 0 Å². The van der Waals surface area contributed by atoms with Crippen LogP contribution in [-0.2, 0) is 5.41 Å². The topological polar surface area (TPSA) is 27.1 Å². The number of nitrogens with one attached hydrogen (secondary N) is 1. The largest absolute Gasteiger partial charge is 0.336 e. The molecule has 0 spiro atoms. The Morgan fingerprint density at radius 1 is 1.21 bits per heavy atom. The average molecular weight is 254 g/mol. The molecule has 2 nitrogen and oxygen atoms in total. The van der Waals surface area contributed by atoms with Crippen molar-refractivity contribution in [1.82, 2.24) is 0 Å². The van der Waals surface area contributed by atoms with Crippen molar-refractivity contribution in [3.63, 3.8) is 0 Å². The van der Waals surface area contributed by atoms with Crippen LogP contribution in [0.5, 0.6) is 0 Å². The van der Waals surface area contributed by atoms with Gasteiger partial charge in [-0.05, 0) is 29.5 Å². The number of nitrogens with zero attached hydrogens (tertiary/aromatic N) is 1. The molecule has 2 rings (SSSR count). The van der Waals surface area contributed by atoms with E-state index in [0.717, 1.165) is 0 Å². The third kappa shape index (κ3) is 2.62. The van der Waals surface area contributed by atoms with Crippen molar-refractivity contribution in [1.29, 1.82) is 5.41 Å². The second kappa shape index (κ2) is 5.04. The summed E-state index contributed by atoms with van der Waals surface area (Å²) in [4.78, 5) is 2.18. The maximum atomic E-state index is 7.62. The van der Waals surface area contributed by atoms with Crippen LogP contribution in [-0.4, -0.2) is 12.3 Å². The summed E-state index contributed by atoms with van der Waals surface area (Å²) < 4.78 is 0. The van der Waals surface area contributed by atoms with E-state index >= 15 is 0 Å². The second-order valence-electron chi connectivity index (χ2n) is 6.01. The first kappa shape index (κ1) is 13.6. The SMILES string of the molecule is Cc1cccc(C(C)(C)C)c1N1C=CC=CC1C=N. The van der Waals surface area contributed by atoms with Crippen LogP contribution in [0.1, 0.15) is 31.9 Å². The minimum absolute atomic E-state index is 0.00667. The fourth-order valence-electron chi connectivity index (χ4n) is 2.48. The Balaban J connectivity index is 2.58. The molecule has 1 heterocycles. The van der Waals surface area contributed by atoms with E-state index in [1.165, 1.54) is 23.0 Å². The van der Waals surface area contributed by atoms with Gasteiger partial charge in [-0.1, -0.05) is 51.1 Å². The number of rotatable bonds is 2. The van der Waals surface area contributed by atoms with Crippen LogP contribution < -0.4 is 4.90 Å². The van der Waals surface area contributed by atoms with E-state index in [0.29, 0.717) is 0 Å². The number of benzene rings is 1. The second-order valence-corrected chi connectivity index (χ2v) is 6.01. The Hall–Kier alpha value is -1.83. The lowest BCUT2D eigenvalue weighted by molar-refractivity contribution is 0.588. The van der Waals surface area contributed by atoms with Gasteiger partial charge >= 0.3 is 0 Å². The number of hydrogen-bond acceptors (Lipinski definition) is 2. The van der Waals surface area contributed by atoms with Crippen molar-refractivity contribution in [2.45, 2.75) is 39.2 Å². The molecule has 1 aliphatic rings. The van der Waals surface area contributed by atoms with E-state index in [4.69, 9.17) is 5.41 Å². The van der Waals surface area contributed by atoms with E-state index in [9.17, 15) is 0 Å². The molecule has 1 atom stereocenters. The fraction of sp³-hybridized carbons (Fsp3) is 0.353. The van der Waals surface area contributed by atoms with Crippen molar-refractivity contribution in [3.05, 3.63) is 53.8 Å². The molecule has 2 heteroatoms. The molecule has 0 amide bonds. The first-order valence-electron chi connectivity index (χ1n) is 6.69. The monoisotopic (exact) mass is 254 g/mol. The minimum Gasteiger partial charge on any atom is -0.336 e. The highest BCUT2D eigenvalue weighted by molar-refractivity contribution is 5.76. The van der Waals surface area contributed by atoms with Crippen molar-refractivity contribution in [2.75, 3.05) is 4.90 Å². The van der Waals surface area contributed by atoms with Gasteiger partial charge in [0.2, 0.25) is 0 Å². The van der Waals surface area contributed by atoms with Crippen LogP contribution >= 0.6 is 0 Å². The van der Waals surface area contributed by atoms with Gasteiger partial charge in [-0.15, -0.1) is 0 Å². The van der Waals surface area contributed by atoms with Crippen molar-refractivity contribution >= 4 is 11.9 Å². The molecule has 0 saturated heterocycles. The summed E-state index contributed by atoms with van der Waals surface area (Å²) in [6.07, 6.45) is 9.62. The number of aryl methyl sites for hydroxylation is 1. The zero-order chi connectivity index (χ0) is 14.0. The highest BCUT2D eigenvalue weighted by Gasteiger charge is 2.24. The molecule has 1 unspecified atom stereocenters. The molecule has 0 radical (unpaired) electrons. The van der Waals surface area contributed by atoms with E-state index in [1.54, 1.807) is 0 Å². The summed E-state index contributed by atoms with van der Waals surface area (Å²) in [6.45, 7) is 8.83. The molecular formula is C17H22N2. The molecule has 100 valence electrons. The predicted molar refractivity (Wildman–Crippen MR) is 83.2 cm³/mol. The van der Waals surface area contributed by atoms with Gasteiger partial charge in [-0.25, -0.2) is 0 Å². The zero-order valence-electron chi connectivity index (χ0n) is 12.1. The highest BCUT2D eigenvalue weighted by atomic mass is 15.2. The number of para-hydroxylation sites is 1. The predicted octanol–water partition coefficient (Wildman–Crippen LogP) is 4.20. The summed E-state index contributed by atoms with van der Waals surface area (Å²) in [5.41, 5.74) is 3.88. The average Bonchev–Trinajstić information content (AvgIpc) is 2.37. The quantitative estimate of drug-likeness (QED) is 0.787. The Morgan fingerprint density at radius 2 is 1.95 bits per heavy atom. The van der Waals surface area contributed by atoms with Gasteiger partial charge < -0.3 is 10.3 Å². The molecule has 0 aliphatic carbocycles. The Bertz CT molecular complexity index is 533. The first-order chi connectivity index (χ1) is 8.95. The van der Waals surface area contributed by atoms with Gasteiger partial charge in [0.1, 0.15) is 0 Å². The molecule has 1 aromatic carbocycles. The lowest BCUT2D eigenvalue weighted by Gasteiger charge is -2.34. The normalized spacial score (nSPS) is 18.7. The van der Waals surface area contributed by atoms with E-state index in [2.05, 4.69) is 57.0 Å². The van der Waals surface area contributed by atoms with E-state index in [-0.39, 0.29) is 11.5 Å². The molecule has 0 aromatic heterocycles. The summed E-state index contributed by atoms with van der Waals surface area (Å²) >= 11 is 0. The van der Waals surface area contributed by atoms with Gasteiger partial charge in [-0.2, -0.15) is 0 Å². The summed E-state index contributed by atoms with van der Waals surface area (Å²) in [5.74, 6) is 0. The molecule has 0 saturated carbocycles. The third-order valence-corrected chi connectivity index (χ3v) is 3.46. The fourth-order valence-corrected chi connectivity index (χ4v) is 2.48. The maximum Gasteiger partial charge on any atom is 0.0867 e. The number of anilines is 1. The summed E-state index contributed by atoms with van der Waals surface area (Å²) in [5, 5.41) is 7.62. The van der Waals surface area contributed by atoms with E-state index < -0.39 is 0 Å². The first-order valence-corrected chi connectivity index (χ1v) is 6.69. The summed E-state index contributed by atoms with van der Waals surface area (Å²) in [6, 6.07) is 6.45. The van der Waals surface area contributed by atoms with E-state index in [1.807, 2.05) is 18.2 Å². The Morgan fingerprint density at radius 3 is 2.58 bits per heavy atom. The van der Waals surface area contributed by atoms with Crippen LogP contribution in [0.2, 0.25) is 0 Å². The van der Waals surface area contributed by atoms with Gasteiger partial charge in [0, 0.05) is 18.1 Å². The maximum absolute atomic E-state index is 7.62. The molecule has 1 aliphatic heterocycles. The Kier molecular flexibility index (Phi) is 3.61. The lowest BCUT2D eigenvalue weighted by atomic mass is 9.84. The van der Waals surface area contributed by atoms with Crippen molar-refractivity contribution in [3.8, 4) is 0 Å². The van der Waals surface area contributed by atoms with Gasteiger partial charge in [-0.3, -0.25) is 0 Å². The molecule has 19 heavy (non-hydrogen) atoms. The van der Waals surface area contributed by atoms with Crippen LogP contribution in [0, 0.1) is 12.3 Å². The van der Waals surface area contributed by atoms with Crippen LogP contribution in [0.4, 0.5) is 5.69 Å². The smallest absolute Gasteiger partial charge is 0.0867 e. The highest BCUT2D eigenvalue weighted by Crippen LogP contribution is 2.36. The van der Waals surface area contributed by atoms with Crippen LogP contribution in [0.25, 0.3) is 0 Å². The zero-order valence-corrected chi connectivity index (χ0v) is 12.1. The van der Waals surface area contributed by atoms with Crippen LogP contribution in [0.3, 0.4) is 0 Å². The number of allylic oxidation sites excluding steroid dienone is 2. The number of hydrogen-bond donors (Lipinski definition) is 1. The molecule has 0 fully saturated rings. The van der Waals surface area contributed by atoms with Crippen molar-refractivity contribution in [2.24, 2.45) is 0 Å². The molecule has 1 N–H and O–H groups in total. The third-order valence-electron chi connectivity index (χ3n) is 3.46. The van der Waals surface area contributed by atoms with Crippen molar-refractivity contribution < 1.29 is 0 Å². The molecule has 1 aromatic rings. The lowest BCUT2D eigenvalue weighted by Crippen LogP contribution is -2.34. The molecule has 0 bridgehead atoms. The summed E-state index contributed by atoms with van der Waals surface area (Å²) in [7, 11) is 0. The minimum atomic E-state index is 0.00667.